The van der Waals surface area contributed by atoms with Crippen molar-refractivity contribution in [3.63, 3.8) is 0 Å². The Kier molecular flexibility index (Phi) is 6.78. The van der Waals surface area contributed by atoms with E-state index < -0.39 is 11.6 Å². The molecule has 1 aromatic carbocycles. The Morgan fingerprint density at radius 2 is 1.78 bits per heavy atom. The van der Waals surface area contributed by atoms with Crippen LogP contribution in [0.2, 0.25) is 0 Å². The zero-order valence-electron chi connectivity index (χ0n) is 15.9. The van der Waals surface area contributed by atoms with Crippen LogP contribution in [0, 0.1) is 25.5 Å². The highest BCUT2D eigenvalue weighted by molar-refractivity contribution is 5.86. The summed E-state index contributed by atoms with van der Waals surface area (Å²) in [6.07, 6.45) is 1.70. The zero-order chi connectivity index (χ0) is 18.8. The fourth-order valence-corrected chi connectivity index (χ4v) is 3.06. The minimum absolute atomic E-state index is 0. The van der Waals surface area contributed by atoms with Crippen molar-refractivity contribution in [3.8, 4) is 5.75 Å². The van der Waals surface area contributed by atoms with Crippen molar-refractivity contribution in [1.82, 2.24) is 14.5 Å². The van der Waals surface area contributed by atoms with Gasteiger partial charge in [0.2, 0.25) is 0 Å². The molecule has 3 aromatic rings. The second kappa shape index (κ2) is 8.67. The number of pyridine rings is 1. The number of aromatic nitrogens is 2. The number of halogens is 3. The highest BCUT2D eigenvalue weighted by Crippen LogP contribution is 2.31. The van der Waals surface area contributed by atoms with Gasteiger partial charge in [0.15, 0.2) is 0 Å². The molecule has 0 saturated carbocycles. The Morgan fingerprint density at radius 3 is 2.41 bits per heavy atom. The van der Waals surface area contributed by atoms with Crippen molar-refractivity contribution in [2.45, 2.75) is 27.0 Å². The van der Waals surface area contributed by atoms with Crippen molar-refractivity contribution >= 4 is 23.4 Å². The molecule has 4 nitrogen and oxygen atoms in total. The first-order valence-electron chi connectivity index (χ1n) is 8.53. The number of hydrogen-bond donors (Lipinski definition) is 0. The number of aryl methyl sites for hydroxylation is 1. The van der Waals surface area contributed by atoms with E-state index in [0.717, 1.165) is 41.4 Å². The molecule has 0 fully saturated rings. The summed E-state index contributed by atoms with van der Waals surface area (Å²) in [5.74, 6) is -0.552. The average Bonchev–Trinajstić information content (AvgIpc) is 2.82. The molecule has 2 aromatic heterocycles. The van der Waals surface area contributed by atoms with E-state index in [1.165, 1.54) is 12.1 Å². The van der Waals surface area contributed by atoms with Crippen LogP contribution in [0.1, 0.15) is 16.8 Å². The van der Waals surface area contributed by atoms with Gasteiger partial charge in [-0.05, 0) is 51.2 Å². The normalized spacial score (nSPS) is 11.1. The predicted octanol–water partition coefficient (Wildman–Crippen LogP) is 4.49. The van der Waals surface area contributed by atoms with Crippen molar-refractivity contribution in [2.75, 3.05) is 20.6 Å². The molecule has 7 heteroatoms. The van der Waals surface area contributed by atoms with Gasteiger partial charge < -0.3 is 14.2 Å². The third-order valence-electron chi connectivity index (χ3n) is 4.55. The molecule has 146 valence electrons. The monoisotopic (exact) mass is 395 g/mol. The quantitative estimate of drug-likeness (QED) is 0.616. The maximum absolute atomic E-state index is 13.4. The third-order valence-corrected chi connectivity index (χ3v) is 4.55. The van der Waals surface area contributed by atoms with E-state index in [9.17, 15) is 8.78 Å². The van der Waals surface area contributed by atoms with E-state index in [0.29, 0.717) is 11.3 Å². The molecule has 0 spiro atoms. The SMILES string of the molecule is Cc1c(C)n(CCN(C)C)c2c(OCc3cc(F)cc(F)c3)ccnc12.Cl. The molecule has 0 bridgehead atoms. The summed E-state index contributed by atoms with van der Waals surface area (Å²) in [7, 11) is 4.06. The van der Waals surface area contributed by atoms with E-state index in [4.69, 9.17) is 4.74 Å². The molecular weight excluding hydrogens is 372 g/mol. The standard InChI is InChI=1S/C20H23F2N3O.ClH/c1-13-14(2)25(8-7-24(3)4)20-18(5-6-23-19(13)20)26-12-15-9-16(21)11-17(22)10-15;/h5-6,9-11H,7-8,12H2,1-4H3;1H. The maximum Gasteiger partial charge on any atom is 0.147 e. The van der Waals surface area contributed by atoms with Crippen LogP contribution in [0.3, 0.4) is 0 Å². The predicted molar refractivity (Wildman–Crippen MR) is 106 cm³/mol. The summed E-state index contributed by atoms with van der Waals surface area (Å²) in [6.45, 7) is 5.89. The molecule has 2 heterocycles. The second-order valence-electron chi connectivity index (χ2n) is 6.74. The van der Waals surface area contributed by atoms with Crippen LogP contribution >= 0.6 is 12.4 Å². The fraction of sp³-hybridized carbons (Fsp3) is 0.350. The third kappa shape index (κ3) is 4.57. The van der Waals surface area contributed by atoms with Gasteiger partial charge in [-0.2, -0.15) is 0 Å². The van der Waals surface area contributed by atoms with Gasteiger partial charge in [0.1, 0.15) is 29.5 Å². The molecule has 0 aliphatic carbocycles. The maximum atomic E-state index is 13.4. The topological polar surface area (TPSA) is 30.3 Å². The lowest BCUT2D eigenvalue weighted by molar-refractivity contribution is 0.306. The first-order valence-corrected chi connectivity index (χ1v) is 8.53. The number of nitrogens with zero attached hydrogens (tertiary/aromatic N) is 3. The van der Waals surface area contributed by atoms with Crippen LogP contribution in [-0.2, 0) is 13.2 Å². The Labute approximate surface area is 164 Å². The summed E-state index contributed by atoms with van der Waals surface area (Å²) in [5.41, 5.74) is 4.51. The van der Waals surface area contributed by atoms with Crippen LogP contribution in [0.15, 0.2) is 30.5 Å². The summed E-state index contributed by atoms with van der Waals surface area (Å²) in [4.78, 5) is 6.62. The number of benzene rings is 1. The first-order chi connectivity index (χ1) is 12.4. The largest absolute Gasteiger partial charge is 0.487 e. The molecule has 27 heavy (non-hydrogen) atoms. The van der Waals surface area contributed by atoms with Crippen LogP contribution in [-0.4, -0.2) is 35.1 Å². The van der Waals surface area contributed by atoms with Gasteiger partial charge in [-0.25, -0.2) is 8.78 Å². The lowest BCUT2D eigenvalue weighted by Gasteiger charge is -2.15. The van der Waals surface area contributed by atoms with E-state index in [1.807, 2.05) is 21.0 Å². The fourth-order valence-electron chi connectivity index (χ4n) is 3.06. The Hall–Kier alpha value is -2.18. The second-order valence-corrected chi connectivity index (χ2v) is 6.74. The zero-order valence-corrected chi connectivity index (χ0v) is 16.7. The molecule has 0 saturated heterocycles. The molecular formula is C20H24ClF2N3O. The van der Waals surface area contributed by atoms with E-state index in [-0.39, 0.29) is 19.0 Å². The molecule has 0 N–H and O–H groups in total. The van der Waals surface area contributed by atoms with Crippen LogP contribution < -0.4 is 4.74 Å². The van der Waals surface area contributed by atoms with Crippen molar-refractivity contribution < 1.29 is 13.5 Å². The molecule has 0 aliphatic heterocycles. The van der Waals surface area contributed by atoms with Crippen LogP contribution in [0.5, 0.6) is 5.75 Å². The van der Waals surface area contributed by atoms with E-state index >= 15 is 0 Å². The molecule has 0 aliphatic rings. The number of ether oxygens (including phenoxy) is 1. The van der Waals surface area contributed by atoms with Gasteiger partial charge >= 0.3 is 0 Å². The minimum Gasteiger partial charge on any atom is -0.487 e. The van der Waals surface area contributed by atoms with Gasteiger partial charge in [-0.15, -0.1) is 12.4 Å². The van der Waals surface area contributed by atoms with Crippen molar-refractivity contribution in [1.29, 1.82) is 0 Å². The minimum atomic E-state index is -0.607. The van der Waals surface area contributed by atoms with Crippen LogP contribution in [0.4, 0.5) is 8.78 Å². The Balaban J connectivity index is 0.00000261. The molecule has 0 radical (unpaired) electrons. The number of hydrogen-bond acceptors (Lipinski definition) is 3. The molecule has 0 amide bonds. The molecule has 0 unspecified atom stereocenters. The lowest BCUT2D eigenvalue weighted by atomic mass is 10.2. The molecule has 0 atom stereocenters. The number of fused-ring (bicyclic) bond motifs is 1. The van der Waals surface area contributed by atoms with Crippen molar-refractivity contribution in [2.24, 2.45) is 0 Å². The van der Waals surface area contributed by atoms with Gasteiger partial charge in [-0.3, -0.25) is 4.98 Å². The summed E-state index contributed by atoms with van der Waals surface area (Å²) in [5, 5.41) is 0. The summed E-state index contributed by atoms with van der Waals surface area (Å²) >= 11 is 0. The highest BCUT2D eigenvalue weighted by atomic mass is 35.5. The van der Waals surface area contributed by atoms with Gasteiger partial charge in [0.25, 0.3) is 0 Å². The van der Waals surface area contributed by atoms with Crippen LogP contribution in [0.25, 0.3) is 11.0 Å². The van der Waals surface area contributed by atoms with Gasteiger partial charge in [-0.1, -0.05) is 0 Å². The Morgan fingerprint density at radius 1 is 1.11 bits per heavy atom. The van der Waals surface area contributed by atoms with Gasteiger partial charge in [0.05, 0.1) is 5.52 Å². The first kappa shape index (κ1) is 21.1. The number of rotatable bonds is 6. The van der Waals surface area contributed by atoms with Gasteiger partial charge in [0, 0.05) is 37.1 Å². The van der Waals surface area contributed by atoms with E-state index in [1.54, 1.807) is 12.3 Å². The average molecular weight is 396 g/mol. The highest BCUT2D eigenvalue weighted by Gasteiger charge is 2.16. The smallest absolute Gasteiger partial charge is 0.147 e. The molecule has 3 rings (SSSR count). The summed E-state index contributed by atoms with van der Waals surface area (Å²) in [6, 6.07) is 5.21. The Bertz CT molecular complexity index is 920. The van der Waals surface area contributed by atoms with E-state index in [2.05, 4.69) is 21.4 Å². The summed E-state index contributed by atoms with van der Waals surface area (Å²) < 4.78 is 34.9. The van der Waals surface area contributed by atoms with Crippen molar-refractivity contribution in [3.05, 3.63) is 58.9 Å². The number of likely N-dealkylation sites (N-methyl/N-ethyl adjacent to an activating group) is 1. The lowest BCUT2D eigenvalue weighted by Crippen LogP contribution is -2.19.